The van der Waals surface area contributed by atoms with Gasteiger partial charge in [0.05, 0.1) is 23.9 Å². The van der Waals surface area contributed by atoms with E-state index in [0.717, 1.165) is 29.5 Å². The minimum Gasteiger partial charge on any atom is -0.462 e. The Labute approximate surface area is 241 Å². The number of thiophene rings is 1. The fourth-order valence-corrected chi connectivity index (χ4v) is 6.62. The molecule has 4 aromatic rings. The second-order valence-corrected chi connectivity index (χ2v) is 11.4. The topological polar surface area (TPSA) is 98.5 Å². The van der Waals surface area contributed by atoms with E-state index < -0.39 is 5.82 Å². The average Bonchev–Trinajstić information content (AvgIpc) is 3.64. The Balaban J connectivity index is 1.43. The molecule has 210 valence electrons. The van der Waals surface area contributed by atoms with Crippen molar-refractivity contribution in [3.63, 3.8) is 0 Å². The molecule has 0 N–H and O–H groups in total. The number of pyridine rings is 1. The van der Waals surface area contributed by atoms with Crippen LogP contribution in [0.5, 0.6) is 6.01 Å². The van der Waals surface area contributed by atoms with Gasteiger partial charge in [0.1, 0.15) is 23.6 Å². The summed E-state index contributed by atoms with van der Waals surface area (Å²) in [6, 6.07) is 9.89. The van der Waals surface area contributed by atoms with Crippen molar-refractivity contribution in [2.75, 3.05) is 44.7 Å². The summed E-state index contributed by atoms with van der Waals surface area (Å²) < 4.78 is 23.5. The number of nitriles is 1. The van der Waals surface area contributed by atoms with Gasteiger partial charge in [0, 0.05) is 47.5 Å². The number of aromatic nitrogens is 3. The molecule has 41 heavy (non-hydrogen) atoms. The van der Waals surface area contributed by atoms with Crippen molar-refractivity contribution in [2.24, 2.45) is 0 Å². The van der Waals surface area contributed by atoms with E-state index in [2.05, 4.69) is 34.6 Å². The van der Waals surface area contributed by atoms with Crippen LogP contribution in [0.15, 0.2) is 48.5 Å². The lowest BCUT2D eigenvalue weighted by atomic mass is 10.0. The van der Waals surface area contributed by atoms with Crippen LogP contribution in [-0.2, 0) is 4.79 Å². The highest BCUT2D eigenvalue weighted by Gasteiger charge is 2.32. The second kappa shape index (κ2) is 11.4. The molecule has 3 aromatic heterocycles. The van der Waals surface area contributed by atoms with E-state index in [1.54, 1.807) is 22.4 Å². The smallest absolute Gasteiger partial charge is 0.319 e. The molecule has 2 aliphatic rings. The maximum Gasteiger partial charge on any atom is 0.319 e. The van der Waals surface area contributed by atoms with Gasteiger partial charge in [-0.15, -0.1) is 11.3 Å². The lowest BCUT2D eigenvalue weighted by molar-refractivity contribution is -0.128. The number of piperazine rings is 1. The van der Waals surface area contributed by atoms with Crippen LogP contribution in [0.25, 0.3) is 32.2 Å². The molecule has 0 aliphatic carbocycles. The van der Waals surface area contributed by atoms with Crippen molar-refractivity contribution >= 4 is 44.1 Å². The predicted octanol–water partition coefficient (Wildman–Crippen LogP) is 4.64. The van der Waals surface area contributed by atoms with Gasteiger partial charge in [0.25, 0.3) is 0 Å². The Morgan fingerprint density at radius 2 is 2.12 bits per heavy atom. The molecular weight excluding hydrogens is 541 g/mol. The van der Waals surface area contributed by atoms with Crippen molar-refractivity contribution in [1.29, 1.82) is 5.26 Å². The highest BCUT2D eigenvalue weighted by atomic mass is 32.1. The number of hydrogen-bond acceptors (Lipinski definition) is 9. The van der Waals surface area contributed by atoms with Crippen molar-refractivity contribution in [3.8, 4) is 23.3 Å². The highest BCUT2D eigenvalue weighted by Crippen LogP contribution is 2.36. The zero-order chi connectivity index (χ0) is 28.5. The van der Waals surface area contributed by atoms with Crippen molar-refractivity contribution < 1.29 is 13.9 Å². The zero-order valence-corrected chi connectivity index (χ0v) is 23.6. The first-order valence-corrected chi connectivity index (χ1v) is 14.6. The van der Waals surface area contributed by atoms with Crippen molar-refractivity contribution in [3.05, 3.63) is 54.3 Å². The van der Waals surface area contributed by atoms with Gasteiger partial charge in [-0.3, -0.25) is 9.78 Å². The third-order valence-corrected chi connectivity index (χ3v) is 8.92. The molecule has 2 saturated heterocycles. The van der Waals surface area contributed by atoms with E-state index in [9.17, 15) is 10.1 Å². The summed E-state index contributed by atoms with van der Waals surface area (Å²) in [6.07, 6.45) is 5.14. The molecular formula is C30H30FN7O2S. The highest BCUT2D eigenvalue weighted by molar-refractivity contribution is 7.17. The summed E-state index contributed by atoms with van der Waals surface area (Å²) >= 11 is 1.59. The number of anilines is 1. The molecule has 0 radical (unpaired) electrons. The molecule has 0 unspecified atom stereocenters. The van der Waals surface area contributed by atoms with Crippen molar-refractivity contribution in [2.45, 2.75) is 31.3 Å². The van der Waals surface area contributed by atoms with Crippen LogP contribution in [0.4, 0.5) is 10.2 Å². The molecule has 1 amide bonds. The van der Waals surface area contributed by atoms with Crippen LogP contribution in [0, 0.1) is 17.1 Å². The number of fused-ring (bicyclic) bond motifs is 2. The maximum atomic E-state index is 16.4. The zero-order valence-electron chi connectivity index (χ0n) is 22.8. The largest absolute Gasteiger partial charge is 0.462 e. The van der Waals surface area contributed by atoms with Gasteiger partial charge in [-0.05, 0) is 50.0 Å². The van der Waals surface area contributed by atoms with Gasteiger partial charge in [-0.1, -0.05) is 18.7 Å². The van der Waals surface area contributed by atoms with Crippen LogP contribution in [0.3, 0.4) is 0 Å². The van der Waals surface area contributed by atoms with E-state index in [-0.39, 0.29) is 41.6 Å². The van der Waals surface area contributed by atoms with Gasteiger partial charge in [0.15, 0.2) is 5.82 Å². The number of carbonyl (C=O) groups excluding carboxylic acids is 1. The SMILES string of the molecule is C=CC(=O)N1CCN(c2nc(OC[C@@H]3CCCN3C)nc3c(F)c(-c4cccc5sccc45)ncc23)C[C@@H]1CC#N. The maximum absolute atomic E-state index is 16.4. The van der Waals surface area contributed by atoms with Crippen LogP contribution in [0.1, 0.15) is 19.3 Å². The number of hydrogen-bond donors (Lipinski definition) is 0. The van der Waals surface area contributed by atoms with Crippen LogP contribution < -0.4 is 9.64 Å². The summed E-state index contributed by atoms with van der Waals surface area (Å²) in [5.41, 5.74) is 1.05. The Hall–Kier alpha value is -4.14. The van der Waals surface area contributed by atoms with E-state index in [4.69, 9.17) is 9.72 Å². The third-order valence-electron chi connectivity index (χ3n) is 8.04. The van der Waals surface area contributed by atoms with Crippen LogP contribution in [0.2, 0.25) is 0 Å². The molecule has 9 nitrogen and oxygen atoms in total. The summed E-state index contributed by atoms with van der Waals surface area (Å²) in [5.74, 6) is -0.283. The first-order chi connectivity index (χ1) is 20.0. The van der Waals surface area contributed by atoms with Crippen molar-refractivity contribution in [1.82, 2.24) is 24.8 Å². The molecule has 0 spiro atoms. The molecule has 2 fully saturated rings. The lowest BCUT2D eigenvalue weighted by Crippen LogP contribution is -2.55. The van der Waals surface area contributed by atoms with Gasteiger partial charge in [0.2, 0.25) is 5.91 Å². The van der Waals surface area contributed by atoms with E-state index in [0.29, 0.717) is 43.0 Å². The number of nitrogens with zero attached hydrogens (tertiary/aromatic N) is 7. The molecule has 0 saturated carbocycles. The molecule has 6 rings (SSSR count). The summed E-state index contributed by atoms with van der Waals surface area (Å²) in [7, 11) is 2.07. The fourth-order valence-electron chi connectivity index (χ4n) is 5.81. The standard InChI is InChI=1S/C30H30FN7O2S/c1-3-25(39)38-14-13-37(17-19(38)9-11-32)29-23-16-33-27(22-7-4-8-24-21(22)10-15-41-24)26(31)28(23)34-30(35-29)40-18-20-6-5-12-36(20)2/h3-4,7-8,10,15-16,19-20H,1,5-6,9,12-14,17-18H2,2H3/t19-,20-/m0/s1. The molecule has 5 heterocycles. The quantitative estimate of drug-likeness (QED) is 0.296. The minimum absolute atomic E-state index is 0.0963. The van der Waals surface area contributed by atoms with E-state index >= 15 is 4.39 Å². The van der Waals surface area contributed by atoms with E-state index in [1.165, 1.54) is 6.08 Å². The Morgan fingerprint density at radius 1 is 1.24 bits per heavy atom. The number of carbonyl (C=O) groups is 1. The first-order valence-electron chi connectivity index (χ1n) is 13.7. The number of rotatable bonds is 7. The predicted molar refractivity (Wildman–Crippen MR) is 157 cm³/mol. The first kappa shape index (κ1) is 27.1. The normalized spacial score (nSPS) is 19.5. The number of likely N-dealkylation sites (N-methyl/N-ethyl adjacent to an activating group) is 1. The summed E-state index contributed by atoms with van der Waals surface area (Å²) in [4.78, 5) is 32.2. The molecule has 1 aromatic carbocycles. The average molecular weight is 572 g/mol. The second-order valence-electron chi connectivity index (χ2n) is 10.4. The molecule has 11 heteroatoms. The lowest BCUT2D eigenvalue weighted by Gasteiger charge is -2.41. The molecule has 2 atom stereocenters. The van der Waals surface area contributed by atoms with Gasteiger partial charge in [-0.2, -0.15) is 15.2 Å². The summed E-state index contributed by atoms with van der Waals surface area (Å²) in [6.45, 7) is 6.16. The van der Waals surface area contributed by atoms with Gasteiger partial charge >= 0.3 is 6.01 Å². The number of halogens is 1. The third kappa shape index (κ3) is 5.09. The number of likely N-dealkylation sites (tertiary alicyclic amines) is 1. The number of ether oxygens (including phenoxy) is 1. The monoisotopic (exact) mass is 571 g/mol. The minimum atomic E-state index is -0.540. The summed E-state index contributed by atoms with van der Waals surface area (Å²) in [5, 5.41) is 12.8. The van der Waals surface area contributed by atoms with Crippen LogP contribution >= 0.6 is 11.3 Å². The fraction of sp³-hybridized carbons (Fsp3) is 0.367. The molecule has 2 aliphatic heterocycles. The Kier molecular flexibility index (Phi) is 7.51. The molecule has 0 bridgehead atoms. The Morgan fingerprint density at radius 3 is 2.90 bits per heavy atom. The number of amides is 1. The van der Waals surface area contributed by atoms with Gasteiger partial charge < -0.3 is 19.4 Å². The Bertz CT molecular complexity index is 1670. The van der Waals surface area contributed by atoms with Crippen LogP contribution in [-0.4, -0.2) is 82.6 Å². The number of benzene rings is 1. The van der Waals surface area contributed by atoms with E-state index in [1.807, 2.05) is 34.5 Å². The van der Waals surface area contributed by atoms with Gasteiger partial charge in [-0.25, -0.2) is 4.39 Å².